The minimum atomic E-state index is -0.624. The van der Waals surface area contributed by atoms with E-state index in [1.54, 1.807) is 0 Å². The van der Waals surface area contributed by atoms with Gasteiger partial charge in [-0.2, -0.15) is 0 Å². The molecule has 1 N–H and O–H groups in total. The van der Waals surface area contributed by atoms with E-state index in [0.29, 0.717) is 18.9 Å². The zero-order valence-electron chi connectivity index (χ0n) is 21.8. The van der Waals surface area contributed by atoms with Crippen LogP contribution in [0.4, 0.5) is 4.79 Å². The number of benzene rings is 3. The summed E-state index contributed by atoms with van der Waals surface area (Å²) in [6, 6.07) is 26.2. The molecule has 5 aromatic rings. The first kappa shape index (κ1) is 24.7. The molecule has 0 radical (unpaired) electrons. The van der Waals surface area contributed by atoms with Crippen LogP contribution in [0.1, 0.15) is 41.5 Å². The van der Waals surface area contributed by atoms with Gasteiger partial charge in [-0.05, 0) is 43.4 Å². The predicted molar refractivity (Wildman–Crippen MR) is 148 cm³/mol. The molecule has 0 atom stereocenters. The number of para-hydroxylation sites is 1. The lowest BCUT2D eigenvalue weighted by Crippen LogP contribution is -2.44. The second kappa shape index (κ2) is 10.6. The van der Waals surface area contributed by atoms with E-state index in [-0.39, 0.29) is 18.7 Å². The van der Waals surface area contributed by atoms with E-state index < -0.39 is 5.76 Å². The van der Waals surface area contributed by atoms with E-state index in [4.69, 9.17) is 9.26 Å². The van der Waals surface area contributed by atoms with Crippen molar-refractivity contribution in [3.8, 4) is 11.5 Å². The molecule has 2 aromatic heterocycles. The first-order valence-electron chi connectivity index (χ1n) is 13.3. The van der Waals surface area contributed by atoms with Crippen LogP contribution in [0, 0.1) is 6.92 Å². The van der Waals surface area contributed by atoms with Crippen molar-refractivity contribution in [1.82, 2.24) is 19.6 Å². The summed E-state index contributed by atoms with van der Waals surface area (Å²) in [4.78, 5) is 30.1. The average molecular weight is 523 g/mol. The van der Waals surface area contributed by atoms with Gasteiger partial charge in [-0.15, -0.1) is 0 Å². The lowest BCUT2D eigenvalue weighted by molar-refractivity contribution is 0.0587. The van der Waals surface area contributed by atoms with Crippen LogP contribution in [-0.2, 0) is 24.4 Å². The highest BCUT2D eigenvalue weighted by Crippen LogP contribution is 2.36. The summed E-state index contributed by atoms with van der Waals surface area (Å²) in [5.74, 6) is -0.286. The molecule has 0 saturated heterocycles. The number of ether oxygens (including phenoxy) is 1. The van der Waals surface area contributed by atoms with E-state index in [1.165, 1.54) is 5.56 Å². The van der Waals surface area contributed by atoms with E-state index in [1.807, 2.05) is 53.4 Å². The van der Waals surface area contributed by atoms with Crippen LogP contribution in [0.25, 0.3) is 22.4 Å². The molecule has 0 unspecified atom stereocenters. The molecule has 1 aliphatic carbocycles. The van der Waals surface area contributed by atoms with Crippen molar-refractivity contribution in [1.29, 1.82) is 0 Å². The smallest absolute Gasteiger partial charge is 0.439 e. The van der Waals surface area contributed by atoms with E-state index in [9.17, 15) is 9.59 Å². The molecule has 0 bridgehead atoms. The van der Waals surface area contributed by atoms with E-state index >= 15 is 0 Å². The molecular formula is C31H30N4O4. The lowest BCUT2D eigenvalue weighted by Gasteiger charge is -2.37. The molecule has 1 saturated carbocycles. The Kier molecular flexibility index (Phi) is 6.75. The third-order valence-corrected chi connectivity index (χ3v) is 7.49. The van der Waals surface area contributed by atoms with Gasteiger partial charge in [0.25, 0.3) is 0 Å². The minimum absolute atomic E-state index is 0.0942. The third kappa shape index (κ3) is 5.10. The van der Waals surface area contributed by atoms with Gasteiger partial charge in [0.2, 0.25) is 0 Å². The van der Waals surface area contributed by atoms with Crippen molar-refractivity contribution in [2.45, 2.75) is 51.9 Å². The predicted octanol–water partition coefficient (Wildman–Crippen LogP) is 6.03. The molecule has 8 nitrogen and oxygen atoms in total. The zero-order chi connectivity index (χ0) is 26.8. The summed E-state index contributed by atoms with van der Waals surface area (Å²) in [6.45, 7) is 3.16. The topological polar surface area (TPSA) is 93.4 Å². The van der Waals surface area contributed by atoms with Gasteiger partial charge in [-0.1, -0.05) is 83.5 Å². The Morgan fingerprint density at radius 2 is 1.77 bits per heavy atom. The Hall–Kier alpha value is -4.59. The van der Waals surface area contributed by atoms with Gasteiger partial charge >= 0.3 is 11.8 Å². The lowest BCUT2D eigenvalue weighted by atomic mass is 9.91. The van der Waals surface area contributed by atoms with Crippen molar-refractivity contribution in [2.75, 3.05) is 0 Å². The highest BCUT2D eigenvalue weighted by atomic mass is 16.6. The van der Waals surface area contributed by atoms with Crippen molar-refractivity contribution >= 4 is 17.0 Å². The molecule has 0 aliphatic heterocycles. The average Bonchev–Trinajstić information content (AvgIpc) is 3.48. The number of aromatic nitrogens is 3. The number of fused-ring (bicyclic) bond motifs is 1. The van der Waals surface area contributed by atoms with Gasteiger partial charge < -0.3 is 14.2 Å². The number of hydrogen-bond donors (Lipinski definition) is 1. The number of aromatic amines is 1. The number of aryl methyl sites for hydroxylation is 1. The number of carbonyl (C=O) groups is 1. The zero-order valence-corrected chi connectivity index (χ0v) is 21.8. The first-order valence-corrected chi connectivity index (χ1v) is 13.3. The fourth-order valence-electron chi connectivity index (χ4n) is 5.19. The van der Waals surface area contributed by atoms with Crippen LogP contribution in [0.2, 0.25) is 0 Å². The monoisotopic (exact) mass is 522 g/mol. The van der Waals surface area contributed by atoms with Crippen LogP contribution in [0.3, 0.4) is 0 Å². The summed E-state index contributed by atoms with van der Waals surface area (Å²) in [5.41, 5.74) is 5.84. The normalized spacial score (nSPS) is 13.4. The SMILES string of the molecule is Cc1ccc(Cn2c(-c3noc(=O)[nH]3)c(CN(C(=O)OCc3ccccc3)C3CCC3)c3ccccc32)cc1. The largest absolute Gasteiger partial charge is 0.445 e. The molecule has 0 spiro atoms. The summed E-state index contributed by atoms with van der Waals surface area (Å²) in [6.07, 6.45) is 2.58. The van der Waals surface area contributed by atoms with Crippen LogP contribution in [0.5, 0.6) is 0 Å². The molecular weight excluding hydrogens is 492 g/mol. The highest BCUT2D eigenvalue weighted by Gasteiger charge is 2.33. The number of carbonyl (C=O) groups excluding carboxylic acids is 1. The van der Waals surface area contributed by atoms with Gasteiger partial charge in [-0.25, -0.2) is 9.59 Å². The van der Waals surface area contributed by atoms with Crippen molar-refractivity contribution in [3.63, 3.8) is 0 Å². The molecule has 2 heterocycles. The number of hydrogen-bond acceptors (Lipinski definition) is 5. The summed E-state index contributed by atoms with van der Waals surface area (Å²) in [5, 5.41) is 5.06. The molecule has 39 heavy (non-hydrogen) atoms. The van der Waals surface area contributed by atoms with Crippen molar-refractivity contribution in [2.24, 2.45) is 0 Å². The van der Waals surface area contributed by atoms with Crippen molar-refractivity contribution < 1.29 is 14.1 Å². The van der Waals surface area contributed by atoms with E-state index in [0.717, 1.165) is 52.5 Å². The maximum absolute atomic E-state index is 13.5. The number of nitrogens with zero attached hydrogens (tertiary/aromatic N) is 3. The maximum atomic E-state index is 13.5. The van der Waals surface area contributed by atoms with Gasteiger partial charge in [-0.3, -0.25) is 9.51 Å². The molecule has 6 rings (SSSR count). The highest BCUT2D eigenvalue weighted by molar-refractivity contribution is 5.91. The van der Waals surface area contributed by atoms with Crippen molar-refractivity contribution in [3.05, 3.63) is 112 Å². The van der Waals surface area contributed by atoms with Gasteiger partial charge in [0.15, 0.2) is 5.82 Å². The molecule has 8 heteroatoms. The number of nitrogens with one attached hydrogen (secondary N) is 1. The number of rotatable bonds is 8. The van der Waals surface area contributed by atoms with Crippen LogP contribution in [-0.4, -0.2) is 31.7 Å². The van der Waals surface area contributed by atoms with Crippen LogP contribution in [0.15, 0.2) is 88.2 Å². The second-order valence-corrected chi connectivity index (χ2v) is 10.1. The molecule has 1 fully saturated rings. The standard InChI is InChI=1S/C31H30N4O4/c1-21-14-16-22(17-15-21)18-35-27-13-6-5-12-25(27)26(28(35)29-32-30(36)39-33-29)19-34(24-10-7-11-24)31(37)38-20-23-8-3-2-4-9-23/h2-6,8-9,12-17,24H,7,10-11,18-20H2,1H3,(H,32,33,36). The van der Waals surface area contributed by atoms with Gasteiger partial charge in [0.05, 0.1) is 12.2 Å². The van der Waals surface area contributed by atoms with E-state index in [2.05, 4.69) is 52.0 Å². The maximum Gasteiger partial charge on any atom is 0.439 e. The molecule has 3 aromatic carbocycles. The van der Waals surface area contributed by atoms with Gasteiger partial charge in [0.1, 0.15) is 6.61 Å². The second-order valence-electron chi connectivity index (χ2n) is 10.1. The summed E-state index contributed by atoms with van der Waals surface area (Å²) < 4.78 is 12.9. The molecule has 1 amide bonds. The fraction of sp³-hybridized carbons (Fsp3) is 0.258. The molecule has 198 valence electrons. The Balaban J connectivity index is 1.42. The third-order valence-electron chi connectivity index (χ3n) is 7.49. The summed E-state index contributed by atoms with van der Waals surface area (Å²) in [7, 11) is 0. The quantitative estimate of drug-likeness (QED) is 0.268. The van der Waals surface area contributed by atoms with Crippen LogP contribution < -0.4 is 5.76 Å². The van der Waals surface area contributed by atoms with Crippen LogP contribution >= 0.6 is 0 Å². The Labute approximate surface area is 225 Å². The summed E-state index contributed by atoms with van der Waals surface area (Å²) >= 11 is 0. The number of H-pyrrole nitrogens is 1. The first-order chi connectivity index (χ1) is 19.1. The Bertz CT molecular complexity index is 1650. The van der Waals surface area contributed by atoms with Gasteiger partial charge in [0, 0.05) is 29.1 Å². The fourth-order valence-corrected chi connectivity index (χ4v) is 5.19. The molecule has 1 aliphatic rings. The minimum Gasteiger partial charge on any atom is -0.445 e. The Morgan fingerprint density at radius 1 is 1.03 bits per heavy atom. The number of amides is 1. The Morgan fingerprint density at radius 3 is 2.46 bits per heavy atom.